The molecule has 2 fully saturated rings. The summed E-state index contributed by atoms with van der Waals surface area (Å²) in [6.07, 6.45) is 4.05. The molecule has 0 radical (unpaired) electrons. The molecule has 0 aromatic rings. The average molecular weight is 315 g/mol. The minimum atomic E-state index is -0.583. The normalized spacial score (nSPS) is 34.8. The van der Waals surface area contributed by atoms with E-state index in [0.717, 1.165) is 32.6 Å². The van der Waals surface area contributed by atoms with E-state index in [1.165, 1.54) is 12.8 Å². The molecule has 0 aromatic heterocycles. The summed E-state index contributed by atoms with van der Waals surface area (Å²) < 4.78 is 17.2. The molecule has 0 bridgehead atoms. The number of likely N-dealkylation sites (tertiary alicyclic amines) is 1. The third kappa shape index (κ3) is 4.65. The fourth-order valence-corrected chi connectivity index (χ4v) is 3.52. The smallest absolute Gasteiger partial charge is 0.163 e. The highest BCUT2D eigenvalue weighted by Crippen LogP contribution is 2.36. The summed E-state index contributed by atoms with van der Waals surface area (Å²) in [5.41, 5.74) is 0. The third-order valence-corrected chi connectivity index (χ3v) is 4.70. The van der Waals surface area contributed by atoms with Gasteiger partial charge in [-0.15, -0.1) is 0 Å². The maximum Gasteiger partial charge on any atom is 0.163 e. The second-order valence-electron chi connectivity index (χ2n) is 6.98. The molecular weight excluding hydrogens is 282 g/mol. The van der Waals surface area contributed by atoms with Crippen LogP contribution in [-0.4, -0.2) is 66.5 Å². The Labute approximate surface area is 134 Å². The van der Waals surface area contributed by atoms with Gasteiger partial charge in [0.1, 0.15) is 12.2 Å². The predicted molar refractivity (Wildman–Crippen MR) is 85.8 cm³/mol. The minimum Gasteiger partial charge on any atom is -0.389 e. The molecule has 1 N–H and O–H groups in total. The van der Waals surface area contributed by atoms with Crippen molar-refractivity contribution in [3.63, 3.8) is 0 Å². The Balaban J connectivity index is 1.71. The van der Waals surface area contributed by atoms with E-state index in [2.05, 4.69) is 11.8 Å². The first-order valence-electron chi connectivity index (χ1n) is 8.80. The minimum absolute atomic E-state index is 0.0308. The van der Waals surface area contributed by atoms with Gasteiger partial charge in [-0.2, -0.15) is 0 Å². The molecular formula is C17H33NO4. The van der Waals surface area contributed by atoms with Gasteiger partial charge in [0.25, 0.3) is 0 Å². The maximum absolute atomic E-state index is 10.3. The molecule has 0 aliphatic carbocycles. The highest BCUT2D eigenvalue weighted by Gasteiger charge is 2.51. The first-order valence-corrected chi connectivity index (χ1v) is 8.80. The summed E-state index contributed by atoms with van der Waals surface area (Å²) >= 11 is 0. The molecule has 2 saturated heterocycles. The van der Waals surface area contributed by atoms with Crippen LogP contribution >= 0.6 is 0 Å². The van der Waals surface area contributed by atoms with E-state index in [1.54, 1.807) is 0 Å². The van der Waals surface area contributed by atoms with Crippen molar-refractivity contribution in [1.82, 2.24) is 4.90 Å². The number of rotatable bonds is 8. The van der Waals surface area contributed by atoms with Crippen LogP contribution in [0.1, 0.15) is 53.4 Å². The van der Waals surface area contributed by atoms with Crippen molar-refractivity contribution in [1.29, 1.82) is 0 Å². The summed E-state index contributed by atoms with van der Waals surface area (Å²) in [6.45, 7) is 11.4. The molecule has 0 amide bonds. The van der Waals surface area contributed by atoms with Crippen molar-refractivity contribution in [3.8, 4) is 0 Å². The van der Waals surface area contributed by atoms with E-state index in [1.807, 2.05) is 20.8 Å². The van der Waals surface area contributed by atoms with Gasteiger partial charge < -0.3 is 19.3 Å². The SMILES string of the molecule is CCOCCCCCCN1C[C@H](O)C2OC(C)(C)OC2C1C. The summed E-state index contributed by atoms with van der Waals surface area (Å²) in [5.74, 6) is -0.583. The Kier molecular flexibility index (Phi) is 6.65. The van der Waals surface area contributed by atoms with Gasteiger partial charge in [-0.05, 0) is 47.1 Å². The summed E-state index contributed by atoms with van der Waals surface area (Å²) in [4.78, 5) is 2.35. The van der Waals surface area contributed by atoms with Gasteiger partial charge in [-0.1, -0.05) is 12.8 Å². The van der Waals surface area contributed by atoms with Crippen LogP contribution < -0.4 is 0 Å². The molecule has 2 aliphatic rings. The van der Waals surface area contributed by atoms with Gasteiger partial charge in [0, 0.05) is 25.8 Å². The maximum atomic E-state index is 10.3. The Morgan fingerprint density at radius 1 is 1.14 bits per heavy atom. The van der Waals surface area contributed by atoms with Crippen molar-refractivity contribution in [2.45, 2.75) is 83.5 Å². The lowest BCUT2D eigenvalue weighted by atomic mass is 9.94. The zero-order valence-electron chi connectivity index (χ0n) is 14.6. The molecule has 0 spiro atoms. The number of hydrogen-bond acceptors (Lipinski definition) is 5. The highest BCUT2D eigenvalue weighted by molar-refractivity contribution is 4.98. The van der Waals surface area contributed by atoms with Crippen LogP contribution in [0.5, 0.6) is 0 Å². The summed E-state index contributed by atoms with van der Waals surface area (Å²) in [5, 5.41) is 10.3. The first kappa shape index (κ1) is 18.1. The lowest BCUT2D eigenvalue weighted by Crippen LogP contribution is -2.59. The fraction of sp³-hybridized carbons (Fsp3) is 1.00. The molecule has 130 valence electrons. The molecule has 0 saturated carbocycles. The molecule has 3 unspecified atom stereocenters. The zero-order chi connectivity index (χ0) is 16.2. The largest absolute Gasteiger partial charge is 0.389 e. The standard InChI is InChI=1S/C17H33NO4/c1-5-20-11-9-7-6-8-10-18-12-14(19)16-15(13(18)2)21-17(3,4)22-16/h13-16,19H,5-12H2,1-4H3/t13?,14-,15?,16?/m0/s1. The molecule has 2 heterocycles. The first-order chi connectivity index (χ1) is 10.4. The highest BCUT2D eigenvalue weighted by atomic mass is 16.8. The molecule has 5 heteroatoms. The van der Waals surface area contributed by atoms with Gasteiger partial charge >= 0.3 is 0 Å². The van der Waals surface area contributed by atoms with Crippen molar-refractivity contribution in [2.24, 2.45) is 0 Å². The van der Waals surface area contributed by atoms with Crippen LogP contribution in [0.15, 0.2) is 0 Å². The number of nitrogens with zero attached hydrogens (tertiary/aromatic N) is 1. The van der Waals surface area contributed by atoms with E-state index in [4.69, 9.17) is 14.2 Å². The van der Waals surface area contributed by atoms with E-state index < -0.39 is 11.9 Å². The van der Waals surface area contributed by atoms with Gasteiger partial charge in [-0.25, -0.2) is 0 Å². The number of fused-ring (bicyclic) bond motifs is 1. The summed E-state index contributed by atoms with van der Waals surface area (Å²) in [6, 6.07) is 0.290. The molecule has 2 rings (SSSR count). The van der Waals surface area contributed by atoms with Crippen molar-refractivity contribution in [3.05, 3.63) is 0 Å². The molecule has 5 nitrogen and oxygen atoms in total. The lowest BCUT2D eigenvalue weighted by Gasteiger charge is -2.41. The number of ether oxygens (including phenoxy) is 3. The number of unbranched alkanes of at least 4 members (excludes halogenated alkanes) is 3. The number of hydrogen-bond donors (Lipinski definition) is 1. The van der Waals surface area contributed by atoms with E-state index >= 15 is 0 Å². The van der Waals surface area contributed by atoms with Gasteiger partial charge in [0.15, 0.2) is 5.79 Å². The lowest BCUT2D eigenvalue weighted by molar-refractivity contribution is -0.153. The van der Waals surface area contributed by atoms with E-state index in [0.29, 0.717) is 12.6 Å². The Bertz CT molecular complexity index is 337. The number of β-amino-alcohol motifs (C(OH)–C–C–N with tert-alkyl or cyclic N) is 1. The van der Waals surface area contributed by atoms with Gasteiger partial charge in [0.2, 0.25) is 0 Å². The van der Waals surface area contributed by atoms with Crippen LogP contribution in [0.4, 0.5) is 0 Å². The monoisotopic (exact) mass is 315 g/mol. The summed E-state index contributed by atoms with van der Waals surface area (Å²) in [7, 11) is 0. The Morgan fingerprint density at radius 2 is 1.82 bits per heavy atom. The predicted octanol–water partition coefficient (Wildman–Crippen LogP) is 2.17. The Hall–Kier alpha value is -0.200. The number of piperidine rings is 1. The molecule has 2 aliphatic heterocycles. The van der Waals surface area contributed by atoms with E-state index in [-0.39, 0.29) is 12.2 Å². The molecule has 0 aromatic carbocycles. The van der Waals surface area contributed by atoms with Crippen LogP contribution in [0.2, 0.25) is 0 Å². The van der Waals surface area contributed by atoms with Crippen molar-refractivity contribution < 1.29 is 19.3 Å². The fourth-order valence-electron chi connectivity index (χ4n) is 3.52. The molecule has 22 heavy (non-hydrogen) atoms. The number of aliphatic hydroxyl groups is 1. The average Bonchev–Trinajstić information content (AvgIpc) is 2.79. The van der Waals surface area contributed by atoms with Crippen molar-refractivity contribution >= 4 is 0 Å². The quantitative estimate of drug-likeness (QED) is 0.696. The van der Waals surface area contributed by atoms with Crippen LogP contribution in [-0.2, 0) is 14.2 Å². The van der Waals surface area contributed by atoms with Crippen LogP contribution in [0, 0.1) is 0 Å². The van der Waals surface area contributed by atoms with Crippen molar-refractivity contribution in [2.75, 3.05) is 26.3 Å². The second kappa shape index (κ2) is 8.06. The second-order valence-corrected chi connectivity index (χ2v) is 6.98. The topological polar surface area (TPSA) is 51.2 Å². The zero-order valence-corrected chi connectivity index (χ0v) is 14.6. The number of aliphatic hydroxyl groups excluding tert-OH is 1. The third-order valence-electron chi connectivity index (χ3n) is 4.70. The molecule has 4 atom stereocenters. The van der Waals surface area contributed by atoms with Crippen LogP contribution in [0.3, 0.4) is 0 Å². The Morgan fingerprint density at radius 3 is 2.55 bits per heavy atom. The van der Waals surface area contributed by atoms with Gasteiger partial charge in [0.05, 0.1) is 6.10 Å². The van der Waals surface area contributed by atoms with Gasteiger partial charge in [-0.3, -0.25) is 4.90 Å². The van der Waals surface area contributed by atoms with E-state index in [9.17, 15) is 5.11 Å². The van der Waals surface area contributed by atoms with Crippen LogP contribution in [0.25, 0.3) is 0 Å².